The molecule has 1 aliphatic heterocycles. The van der Waals surface area contributed by atoms with Gasteiger partial charge in [-0.2, -0.15) is 5.10 Å². The molecule has 0 saturated carbocycles. The highest BCUT2D eigenvalue weighted by molar-refractivity contribution is 6.34. The largest absolute Gasteiger partial charge is 0.375 e. The molecule has 176 valence electrons. The highest BCUT2D eigenvalue weighted by atomic mass is 19.1. The van der Waals surface area contributed by atoms with Crippen LogP contribution in [0.25, 0.3) is 11.3 Å². The van der Waals surface area contributed by atoms with Gasteiger partial charge in [0.15, 0.2) is 0 Å². The molecule has 0 bridgehead atoms. The molecular formula is C28H24FN3O3. The molecule has 6 nitrogen and oxygen atoms in total. The number of hydrogen-bond donors (Lipinski definition) is 0. The van der Waals surface area contributed by atoms with Crippen LogP contribution in [0.15, 0.2) is 78.9 Å². The van der Waals surface area contributed by atoms with Gasteiger partial charge < -0.3 is 4.74 Å². The zero-order chi connectivity index (χ0) is 24.4. The number of aromatic nitrogens is 2. The van der Waals surface area contributed by atoms with E-state index in [4.69, 9.17) is 9.84 Å². The van der Waals surface area contributed by atoms with Gasteiger partial charge in [-0.25, -0.2) is 14.0 Å². The minimum absolute atomic E-state index is 0.332. The predicted molar refractivity (Wildman–Crippen MR) is 131 cm³/mol. The summed E-state index contributed by atoms with van der Waals surface area (Å²) in [7, 11) is 0. The molecule has 2 heterocycles. The first-order valence-electron chi connectivity index (χ1n) is 11.5. The van der Waals surface area contributed by atoms with E-state index in [9.17, 15) is 14.0 Å². The van der Waals surface area contributed by atoms with Crippen molar-refractivity contribution in [2.75, 3.05) is 11.5 Å². The number of hydrogen-bond acceptors (Lipinski definition) is 4. The summed E-state index contributed by atoms with van der Waals surface area (Å²) in [6.45, 7) is 3.06. The van der Waals surface area contributed by atoms with Crippen LogP contribution in [0.1, 0.15) is 38.8 Å². The van der Waals surface area contributed by atoms with E-state index in [1.54, 1.807) is 41.1 Å². The highest BCUT2D eigenvalue weighted by Gasteiger charge is 2.40. The van der Waals surface area contributed by atoms with Crippen LogP contribution >= 0.6 is 0 Å². The van der Waals surface area contributed by atoms with Crippen molar-refractivity contribution < 1.29 is 18.7 Å². The van der Waals surface area contributed by atoms with Gasteiger partial charge in [0.05, 0.1) is 36.6 Å². The summed E-state index contributed by atoms with van der Waals surface area (Å²) in [5.41, 5.74) is 3.86. The van der Waals surface area contributed by atoms with Crippen LogP contribution in [0, 0.1) is 5.82 Å². The normalized spacial score (nSPS) is 12.9. The number of imide groups is 1. The average Bonchev–Trinajstić information content (AvgIpc) is 3.37. The monoisotopic (exact) mass is 469 g/mol. The van der Waals surface area contributed by atoms with Crippen molar-refractivity contribution in [2.45, 2.75) is 26.5 Å². The number of rotatable bonds is 8. The molecule has 0 fully saturated rings. The smallest absolute Gasteiger partial charge is 0.267 e. The Kier molecular flexibility index (Phi) is 6.25. The number of amides is 2. The van der Waals surface area contributed by atoms with E-state index in [2.05, 4.69) is 0 Å². The van der Waals surface area contributed by atoms with E-state index in [0.717, 1.165) is 11.1 Å². The predicted octanol–water partition coefficient (Wildman–Crippen LogP) is 5.27. The lowest BCUT2D eigenvalue weighted by atomic mass is 10.1. The van der Waals surface area contributed by atoms with Crippen molar-refractivity contribution in [3.63, 3.8) is 0 Å². The minimum Gasteiger partial charge on any atom is -0.375 e. The Morgan fingerprint density at radius 1 is 0.857 bits per heavy atom. The van der Waals surface area contributed by atoms with Crippen LogP contribution in [-0.4, -0.2) is 28.2 Å². The molecule has 0 unspecified atom stereocenters. The molecule has 2 amide bonds. The Labute approximate surface area is 202 Å². The molecule has 0 radical (unpaired) electrons. The second kappa shape index (κ2) is 9.64. The third-order valence-corrected chi connectivity index (χ3v) is 6.06. The summed E-state index contributed by atoms with van der Waals surface area (Å²) in [5.74, 6) is -0.669. The number of halogens is 1. The summed E-state index contributed by atoms with van der Waals surface area (Å²) in [4.78, 5) is 27.8. The molecule has 5 rings (SSSR count). The Morgan fingerprint density at radius 3 is 2.11 bits per heavy atom. The average molecular weight is 470 g/mol. The van der Waals surface area contributed by atoms with Gasteiger partial charge >= 0.3 is 0 Å². The Balaban J connectivity index is 1.51. The lowest BCUT2D eigenvalue weighted by Gasteiger charge is -2.18. The fourth-order valence-corrected chi connectivity index (χ4v) is 4.36. The molecule has 1 aliphatic rings. The van der Waals surface area contributed by atoms with Crippen LogP contribution in [0.3, 0.4) is 0 Å². The third-order valence-electron chi connectivity index (χ3n) is 6.06. The number of anilines is 1. The van der Waals surface area contributed by atoms with Gasteiger partial charge in [0.1, 0.15) is 11.6 Å². The molecule has 1 aromatic heterocycles. The van der Waals surface area contributed by atoms with Crippen LogP contribution < -0.4 is 4.90 Å². The zero-order valence-electron chi connectivity index (χ0n) is 19.3. The Hall–Kier alpha value is -4.10. The maximum absolute atomic E-state index is 13.6. The number of fused-ring (bicyclic) bond motifs is 1. The van der Waals surface area contributed by atoms with Gasteiger partial charge in [0, 0.05) is 11.1 Å². The number of carbonyl (C=O) groups is 2. The van der Waals surface area contributed by atoms with E-state index in [1.165, 1.54) is 17.0 Å². The van der Waals surface area contributed by atoms with E-state index < -0.39 is 0 Å². The molecule has 3 aromatic carbocycles. The van der Waals surface area contributed by atoms with Crippen molar-refractivity contribution in [3.8, 4) is 11.3 Å². The number of ether oxygens (including phenoxy) is 1. The van der Waals surface area contributed by atoms with E-state index >= 15 is 0 Å². The fraction of sp³-hybridized carbons (Fsp3) is 0.179. The molecule has 0 atom stereocenters. The minimum atomic E-state index is -0.377. The second-order valence-electron chi connectivity index (χ2n) is 8.26. The second-order valence-corrected chi connectivity index (χ2v) is 8.26. The standard InChI is InChI=1S/C28H24FN3O3/c1-2-22-25(20-12-14-21(29)15-13-20)30-31(16-17-35-18-19-8-4-3-5-9-19)26(22)32-27(33)23-10-6-7-11-24(23)28(32)34/h3-15H,2,16-18H2,1H3. The first-order valence-corrected chi connectivity index (χ1v) is 11.5. The molecular weight excluding hydrogens is 445 g/mol. The Morgan fingerprint density at radius 2 is 1.49 bits per heavy atom. The maximum Gasteiger partial charge on any atom is 0.267 e. The summed E-state index contributed by atoms with van der Waals surface area (Å²) < 4.78 is 21.1. The zero-order valence-corrected chi connectivity index (χ0v) is 19.3. The summed E-state index contributed by atoms with van der Waals surface area (Å²) in [6.07, 6.45) is 0.528. The van der Waals surface area contributed by atoms with Crippen molar-refractivity contribution in [3.05, 3.63) is 107 Å². The van der Waals surface area contributed by atoms with Crippen LogP contribution in [-0.2, 0) is 24.3 Å². The maximum atomic E-state index is 13.6. The molecule has 0 spiro atoms. The van der Waals surface area contributed by atoms with Gasteiger partial charge in [0.2, 0.25) is 0 Å². The van der Waals surface area contributed by atoms with Gasteiger partial charge in [0.25, 0.3) is 11.8 Å². The molecule has 7 heteroatoms. The molecule has 0 N–H and O–H groups in total. The first kappa shape index (κ1) is 22.7. The lowest BCUT2D eigenvalue weighted by Crippen LogP contribution is -2.33. The van der Waals surface area contributed by atoms with E-state index in [-0.39, 0.29) is 17.6 Å². The van der Waals surface area contributed by atoms with Crippen LogP contribution in [0.5, 0.6) is 0 Å². The van der Waals surface area contributed by atoms with Gasteiger partial charge in [-0.3, -0.25) is 9.59 Å². The van der Waals surface area contributed by atoms with E-state index in [1.807, 2.05) is 37.3 Å². The van der Waals surface area contributed by atoms with Gasteiger partial charge in [-0.1, -0.05) is 49.4 Å². The molecule has 4 aromatic rings. The summed E-state index contributed by atoms with van der Waals surface area (Å²) in [6, 6.07) is 22.7. The number of carbonyl (C=O) groups excluding carboxylic acids is 2. The Bertz CT molecular complexity index is 1350. The molecule has 35 heavy (non-hydrogen) atoms. The summed E-state index contributed by atoms with van der Waals surface area (Å²) >= 11 is 0. The molecule has 0 aliphatic carbocycles. The number of benzene rings is 3. The van der Waals surface area contributed by atoms with Crippen molar-refractivity contribution in [1.29, 1.82) is 0 Å². The van der Waals surface area contributed by atoms with Crippen molar-refractivity contribution in [1.82, 2.24) is 9.78 Å². The third kappa shape index (κ3) is 4.26. The lowest BCUT2D eigenvalue weighted by molar-refractivity contribution is 0.0917. The number of nitrogens with zero attached hydrogens (tertiary/aromatic N) is 3. The highest BCUT2D eigenvalue weighted by Crippen LogP contribution is 2.36. The van der Waals surface area contributed by atoms with E-state index in [0.29, 0.717) is 54.4 Å². The van der Waals surface area contributed by atoms with Crippen molar-refractivity contribution in [2.24, 2.45) is 0 Å². The van der Waals surface area contributed by atoms with Crippen LogP contribution in [0.2, 0.25) is 0 Å². The SMILES string of the molecule is CCc1c(-c2ccc(F)cc2)nn(CCOCc2ccccc2)c1N1C(=O)c2ccccc2C1=O. The van der Waals surface area contributed by atoms with Crippen molar-refractivity contribution >= 4 is 17.6 Å². The van der Waals surface area contributed by atoms with Gasteiger partial charge in [-0.15, -0.1) is 0 Å². The quantitative estimate of drug-likeness (QED) is 0.261. The fourth-order valence-electron chi connectivity index (χ4n) is 4.36. The van der Waals surface area contributed by atoms with Gasteiger partial charge in [-0.05, 0) is 48.4 Å². The molecule has 0 saturated heterocycles. The summed E-state index contributed by atoms with van der Waals surface area (Å²) in [5, 5.41) is 4.77. The first-order chi connectivity index (χ1) is 17.1. The topological polar surface area (TPSA) is 64.4 Å². The van der Waals surface area contributed by atoms with Crippen LogP contribution in [0.4, 0.5) is 10.2 Å².